The third kappa shape index (κ3) is 5.02. The smallest absolute Gasteiger partial charge is 0.255 e. The lowest BCUT2D eigenvalue weighted by Crippen LogP contribution is -2.32. The van der Waals surface area contributed by atoms with Crippen molar-refractivity contribution in [1.82, 2.24) is 9.62 Å². The Labute approximate surface area is 179 Å². The lowest BCUT2D eigenvalue weighted by atomic mass is 10.1. The molecule has 162 valence electrons. The first-order valence-electron chi connectivity index (χ1n) is 10.4. The van der Waals surface area contributed by atoms with Crippen LogP contribution in [-0.4, -0.2) is 38.8 Å². The Morgan fingerprint density at radius 2 is 1.67 bits per heavy atom. The average molecular weight is 431 g/mol. The van der Waals surface area contributed by atoms with E-state index in [1.165, 1.54) is 23.5 Å². The number of hydrogen-bond acceptors (Lipinski definition) is 4. The molecule has 1 fully saturated rings. The zero-order valence-electron chi connectivity index (χ0n) is 17.8. The van der Waals surface area contributed by atoms with Gasteiger partial charge < -0.3 is 10.1 Å². The van der Waals surface area contributed by atoms with Crippen molar-refractivity contribution in [1.29, 1.82) is 0 Å². The maximum Gasteiger partial charge on any atom is 0.255 e. The van der Waals surface area contributed by atoms with Crippen LogP contribution < -0.4 is 10.1 Å². The molecular weight excluding hydrogens is 400 g/mol. The van der Waals surface area contributed by atoms with Crippen LogP contribution in [0.3, 0.4) is 0 Å². The van der Waals surface area contributed by atoms with Crippen LogP contribution in [0.1, 0.15) is 60.1 Å². The van der Waals surface area contributed by atoms with Gasteiger partial charge in [-0.3, -0.25) is 4.79 Å². The molecule has 0 aromatic heterocycles. The second-order valence-electron chi connectivity index (χ2n) is 7.79. The third-order valence-corrected chi connectivity index (χ3v) is 7.44. The first-order valence-corrected chi connectivity index (χ1v) is 11.8. The Balaban J connectivity index is 1.86. The Kier molecular flexibility index (Phi) is 7.15. The first-order chi connectivity index (χ1) is 14.3. The van der Waals surface area contributed by atoms with E-state index in [2.05, 4.69) is 5.32 Å². The molecular formula is C23H30N2O4S. The van der Waals surface area contributed by atoms with Gasteiger partial charge in [-0.15, -0.1) is 0 Å². The fraction of sp³-hybridized carbons (Fsp3) is 0.435. The summed E-state index contributed by atoms with van der Waals surface area (Å²) in [7, 11) is -2.18. The summed E-state index contributed by atoms with van der Waals surface area (Å²) < 4.78 is 33.1. The highest BCUT2D eigenvalue weighted by Crippen LogP contribution is 2.27. The molecule has 0 bridgehead atoms. The number of rotatable bonds is 6. The standard InChI is InChI=1S/C23H30N2O4S/c1-17-8-10-19(11-9-17)18(2)24-23(26)21-16-20(12-13-22(21)29-3)30(27,28)25-14-6-4-5-7-15-25/h8-13,16,18H,4-7,14-15H2,1-3H3,(H,24,26)/t18-/m1/s1. The van der Waals surface area contributed by atoms with Crippen LogP contribution in [0.15, 0.2) is 47.4 Å². The van der Waals surface area contributed by atoms with Crippen molar-refractivity contribution in [3.05, 3.63) is 59.2 Å². The van der Waals surface area contributed by atoms with Crippen LogP contribution >= 0.6 is 0 Å². The van der Waals surface area contributed by atoms with Crippen molar-refractivity contribution < 1.29 is 17.9 Å². The highest BCUT2D eigenvalue weighted by Gasteiger charge is 2.27. The van der Waals surface area contributed by atoms with Crippen LogP contribution in [0.4, 0.5) is 0 Å². The Morgan fingerprint density at radius 3 is 2.27 bits per heavy atom. The number of methoxy groups -OCH3 is 1. The van der Waals surface area contributed by atoms with E-state index in [1.807, 2.05) is 38.1 Å². The van der Waals surface area contributed by atoms with Gasteiger partial charge in [0.15, 0.2) is 0 Å². The minimum absolute atomic E-state index is 0.123. The molecule has 0 radical (unpaired) electrons. The molecule has 0 spiro atoms. The molecule has 1 amide bonds. The second-order valence-corrected chi connectivity index (χ2v) is 9.72. The molecule has 0 unspecified atom stereocenters. The number of aryl methyl sites for hydroxylation is 1. The van der Waals surface area contributed by atoms with Gasteiger partial charge in [-0.2, -0.15) is 4.31 Å². The molecule has 1 saturated heterocycles. The average Bonchev–Trinajstić information content (AvgIpc) is 3.03. The molecule has 0 aliphatic carbocycles. The van der Waals surface area contributed by atoms with Gasteiger partial charge in [0.05, 0.1) is 23.6 Å². The van der Waals surface area contributed by atoms with Crippen molar-refractivity contribution in [3.8, 4) is 5.75 Å². The van der Waals surface area contributed by atoms with Crippen LogP contribution in [0.2, 0.25) is 0 Å². The highest BCUT2D eigenvalue weighted by molar-refractivity contribution is 7.89. The molecule has 2 aromatic carbocycles. The van der Waals surface area contributed by atoms with Crippen LogP contribution in [-0.2, 0) is 10.0 Å². The molecule has 1 aliphatic heterocycles. The van der Waals surface area contributed by atoms with Crippen molar-refractivity contribution in [2.75, 3.05) is 20.2 Å². The molecule has 2 aromatic rings. The monoisotopic (exact) mass is 430 g/mol. The van der Waals surface area contributed by atoms with Gasteiger partial charge in [0.25, 0.3) is 5.91 Å². The molecule has 1 atom stereocenters. The number of nitrogens with one attached hydrogen (secondary N) is 1. The van der Waals surface area contributed by atoms with Gasteiger partial charge >= 0.3 is 0 Å². The first kappa shape index (κ1) is 22.3. The van der Waals surface area contributed by atoms with E-state index in [1.54, 1.807) is 6.07 Å². The number of nitrogens with zero attached hydrogens (tertiary/aromatic N) is 1. The van der Waals surface area contributed by atoms with Gasteiger partial charge in [-0.25, -0.2) is 8.42 Å². The van der Waals surface area contributed by atoms with Gasteiger partial charge in [0, 0.05) is 13.1 Å². The van der Waals surface area contributed by atoms with Gasteiger partial charge in [0.1, 0.15) is 5.75 Å². The molecule has 6 nitrogen and oxygen atoms in total. The minimum atomic E-state index is -3.65. The quantitative estimate of drug-likeness (QED) is 0.750. The lowest BCUT2D eigenvalue weighted by molar-refractivity contribution is 0.0936. The van der Waals surface area contributed by atoms with E-state index < -0.39 is 10.0 Å². The van der Waals surface area contributed by atoms with Gasteiger partial charge in [0.2, 0.25) is 10.0 Å². The predicted molar refractivity (Wildman–Crippen MR) is 117 cm³/mol. The minimum Gasteiger partial charge on any atom is -0.496 e. The van der Waals surface area contributed by atoms with Gasteiger partial charge in [-0.05, 0) is 50.5 Å². The number of amides is 1. The Hall–Kier alpha value is -2.38. The van der Waals surface area contributed by atoms with Crippen molar-refractivity contribution in [2.45, 2.75) is 50.5 Å². The van der Waals surface area contributed by atoms with E-state index in [4.69, 9.17) is 4.74 Å². The normalized spacial score (nSPS) is 16.5. The van der Waals surface area contributed by atoms with Gasteiger partial charge in [-0.1, -0.05) is 42.7 Å². The zero-order valence-corrected chi connectivity index (χ0v) is 18.7. The fourth-order valence-corrected chi connectivity index (χ4v) is 5.21. The van der Waals surface area contributed by atoms with E-state index in [-0.39, 0.29) is 22.4 Å². The molecule has 0 saturated carbocycles. The maximum atomic E-state index is 13.1. The van der Waals surface area contributed by atoms with E-state index in [0.29, 0.717) is 18.8 Å². The summed E-state index contributed by atoms with van der Waals surface area (Å²) in [5.41, 5.74) is 2.33. The van der Waals surface area contributed by atoms with E-state index >= 15 is 0 Å². The predicted octanol–water partition coefficient (Wildman–Crippen LogP) is 4.06. The Bertz CT molecular complexity index is 979. The second kappa shape index (κ2) is 9.62. The van der Waals surface area contributed by atoms with Crippen molar-refractivity contribution >= 4 is 15.9 Å². The summed E-state index contributed by atoms with van der Waals surface area (Å²) >= 11 is 0. The summed E-state index contributed by atoms with van der Waals surface area (Å²) in [6.07, 6.45) is 3.80. The molecule has 1 heterocycles. The largest absolute Gasteiger partial charge is 0.496 e. The lowest BCUT2D eigenvalue weighted by Gasteiger charge is -2.21. The summed E-state index contributed by atoms with van der Waals surface area (Å²) in [6.45, 7) is 4.93. The summed E-state index contributed by atoms with van der Waals surface area (Å²) in [5.74, 6) is -0.0220. The SMILES string of the molecule is COc1ccc(S(=O)(=O)N2CCCCCC2)cc1C(=O)N[C@H](C)c1ccc(C)cc1. The molecule has 30 heavy (non-hydrogen) atoms. The maximum absolute atomic E-state index is 13.1. The van der Waals surface area contributed by atoms with Crippen LogP contribution in [0, 0.1) is 6.92 Å². The Morgan fingerprint density at radius 1 is 1.03 bits per heavy atom. The fourth-order valence-electron chi connectivity index (χ4n) is 3.67. The molecule has 1 aliphatic rings. The van der Waals surface area contributed by atoms with Crippen LogP contribution in [0.25, 0.3) is 0 Å². The zero-order chi connectivity index (χ0) is 21.7. The van der Waals surface area contributed by atoms with Crippen LogP contribution in [0.5, 0.6) is 5.75 Å². The van der Waals surface area contributed by atoms with E-state index in [9.17, 15) is 13.2 Å². The van der Waals surface area contributed by atoms with E-state index in [0.717, 1.165) is 36.8 Å². The number of ether oxygens (including phenoxy) is 1. The molecule has 1 N–H and O–H groups in total. The number of benzene rings is 2. The number of carbonyl (C=O) groups is 1. The number of sulfonamides is 1. The topological polar surface area (TPSA) is 75.7 Å². The highest BCUT2D eigenvalue weighted by atomic mass is 32.2. The number of hydrogen-bond donors (Lipinski definition) is 1. The summed E-state index contributed by atoms with van der Waals surface area (Å²) in [6, 6.07) is 12.2. The van der Waals surface area contributed by atoms with Crippen molar-refractivity contribution in [2.24, 2.45) is 0 Å². The molecule has 7 heteroatoms. The molecule has 3 rings (SSSR count). The third-order valence-electron chi connectivity index (χ3n) is 5.54. The van der Waals surface area contributed by atoms with Crippen molar-refractivity contribution in [3.63, 3.8) is 0 Å². The number of carbonyl (C=O) groups excluding carboxylic acids is 1. The summed E-state index contributed by atoms with van der Waals surface area (Å²) in [4.78, 5) is 13.1. The summed E-state index contributed by atoms with van der Waals surface area (Å²) in [5, 5.41) is 2.95.